The van der Waals surface area contributed by atoms with Crippen LogP contribution in [0, 0.1) is 11.2 Å². The first-order valence-electron chi connectivity index (χ1n) is 7.01. The van der Waals surface area contributed by atoms with E-state index < -0.39 is 5.82 Å². The summed E-state index contributed by atoms with van der Waals surface area (Å²) in [6.45, 7) is 3.81. The second-order valence-electron chi connectivity index (χ2n) is 5.91. The van der Waals surface area contributed by atoms with Gasteiger partial charge in [0.15, 0.2) is 5.84 Å². The maximum Gasteiger partial charge on any atom is 0.170 e. The molecule has 5 heteroatoms. The average Bonchev–Trinajstić information content (AvgIpc) is 2.86. The molecule has 1 aromatic rings. The van der Waals surface area contributed by atoms with Crippen LogP contribution in [-0.4, -0.2) is 17.6 Å². The van der Waals surface area contributed by atoms with Gasteiger partial charge in [0.25, 0.3) is 0 Å². The van der Waals surface area contributed by atoms with Crippen molar-refractivity contribution in [3.8, 4) is 0 Å². The van der Waals surface area contributed by atoms with E-state index in [9.17, 15) is 4.39 Å². The molecule has 0 radical (unpaired) electrons. The van der Waals surface area contributed by atoms with E-state index in [1.807, 2.05) is 0 Å². The lowest BCUT2D eigenvalue weighted by Crippen LogP contribution is -2.30. The molecular weight excluding hydrogens is 257 g/mol. The predicted octanol–water partition coefficient (Wildman–Crippen LogP) is 2.59. The van der Waals surface area contributed by atoms with Crippen molar-refractivity contribution in [1.29, 1.82) is 0 Å². The fourth-order valence-electron chi connectivity index (χ4n) is 2.90. The van der Waals surface area contributed by atoms with Gasteiger partial charge in [-0.3, -0.25) is 0 Å². The van der Waals surface area contributed by atoms with Crippen molar-refractivity contribution in [2.75, 3.05) is 6.54 Å². The third-order valence-electron chi connectivity index (χ3n) is 4.13. The lowest BCUT2D eigenvalue weighted by Gasteiger charge is -2.24. The number of rotatable bonds is 5. The minimum absolute atomic E-state index is 0.0617. The molecule has 0 atom stereocenters. The molecule has 0 aliphatic heterocycles. The van der Waals surface area contributed by atoms with E-state index in [4.69, 9.17) is 10.9 Å². The first-order chi connectivity index (χ1) is 9.54. The van der Waals surface area contributed by atoms with Gasteiger partial charge in [-0.05, 0) is 36.0 Å². The number of oxime groups is 1. The zero-order chi connectivity index (χ0) is 14.6. The monoisotopic (exact) mass is 279 g/mol. The molecule has 0 bridgehead atoms. The molecule has 110 valence electrons. The molecule has 4 N–H and O–H groups in total. The molecule has 2 rings (SSSR count). The Kier molecular flexibility index (Phi) is 4.60. The van der Waals surface area contributed by atoms with Crippen LogP contribution in [0.2, 0.25) is 0 Å². The van der Waals surface area contributed by atoms with Gasteiger partial charge in [-0.25, -0.2) is 4.39 Å². The summed E-state index contributed by atoms with van der Waals surface area (Å²) in [5, 5.41) is 15.1. The third-order valence-corrected chi connectivity index (χ3v) is 4.13. The van der Waals surface area contributed by atoms with Crippen LogP contribution in [0.3, 0.4) is 0 Å². The molecule has 4 nitrogen and oxygen atoms in total. The number of halogens is 1. The second-order valence-corrected chi connectivity index (χ2v) is 5.91. The van der Waals surface area contributed by atoms with Crippen molar-refractivity contribution in [2.24, 2.45) is 16.3 Å². The number of hydrogen-bond donors (Lipinski definition) is 3. The second kappa shape index (κ2) is 6.22. The molecule has 1 aliphatic carbocycles. The molecule has 1 saturated carbocycles. The van der Waals surface area contributed by atoms with E-state index in [0.717, 1.165) is 12.1 Å². The van der Waals surface area contributed by atoms with Gasteiger partial charge in [-0.1, -0.05) is 31.0 Å². The normalized spacial score (nSPS) is 18.4. The largest absolute Gasteiger partial charge is 0.409 e. The van der Waals surface area contributed by atoms with Crippen LogP contribution in [0.1, 0.15) is 43.7 Å². The number of nitrogens with one attached hydrogen (secondary N) is 1. The Balaban J connectivity index is 2.02. The molecule has 1 aliphatic rings. The van der Waals surface area contributed by atoms with Gasteiger partial charge in [-0.15, -0.1) is 0 Å². The highest BCUT2D eigenvalue weighted by Crippen LogP contribution is 2.36. The zero-order valence-electron chi connectivity index (χ0n) is 11.8. The number of benzene rings is 1. The summed E-state index contributed by atoms with van der Waals surface area (Å²) < 4.78 is 13.3. The third kappa shape index (κ3) is 3.48. The van der Waals surface area contributed by atoms with Crippen LogP contribution >= 0.6 is 0 Å². The smallest absolute Gasteiger partial charge is 0.170 e. The molecule has 20 heavy (non-hydrogen) atoms. The first-order valence-corrected chi connectivity index (χ1v) is 7.01. The Morgan fingerprint density at radius 2 is 2.15 bits per heavy atom. The van der Waals surface area contributed by atoms with Gasteiger partial charge in [0, 0.05) is 18.7 Å². The quantitative estimate of drug-likeness (QED) is 0.336. The molecule has 0 unspecified atom stereocenters. The highest BCUT2D eigenvalue weighted by molar-refractivity contribution is 5.98. The van der Waals surface area contributed by atoms with Gasteiger partial charge < -0.3 is 16.3 Å². The van der Waals surface area contributed by atoms with Crippen LogP contribution in [0.4, 0.5) is 4.39 Å². The summed E-state index contributed by atoms with van der Waals surface area (Å²) in [6.07, 6.45) is 5.08. The predicted molar refractivity (Wildman–Crippen MR) is 77.2 cm³/mol. The topological polar surface area (TPSA) is 70.6 Å². The maximum absolute atomic E-state index is 13.3. The van der Waals surface area contributed by atoms with Gasteiger partial charge in [0.05, 0.1) is 0 Å². The van der Waals surface area contributed by atoms with Crippen molar-refractivity contribution in [3.05, 3.63) is 35.1 Å². The summed E-state index contributed by atoms with van der Waals surface area (Å²) in [6, 6.07) is 4.36. The number of hydrogen-bond acceptors (Lipinski definition) is 3. The Labute approximate surface area is 118 Å². The molecule has 0 amide bonds. The number of amidine groups is 1. The fraction of sp³-hybridized carbons (Fsp3) is 0.533. The SMILES string of the molecule is CC1(CNCc2ccc(F)cc2C(N)=NO)CCCC1. The molecule has 1 fully saturated rings. The highest BCUT2D eigenvalue weighted by Gasteiger charge is 2.27. The summed E-state index contributed by atoms with van der Waals surface area (Å²) in [4.78, 5) is 0. The molecule has 0 saturated heterocycles. The van der Waals surface area contributed by atoms with E-state index in [-0.39, 0.29) is 5.84 Å². The summed E-state index contributed by atoms with van der Waals surface area (Å²) in [5.41, 5.74) is 7.22. The zero-order valence-corrected chi connectivity index (χ0v) is 11.8. The summed E-state index contributed by atoms with van der Waals surface area (Å²) in [5.74, 6) is -0.452. The lowest BCUT2D eigenvalue weighted by molar-refractivity contribution is 0.314. The van der Waals surface area contributed by atoms with Crippen molar-refractivity contribution in [3.63, 3.8) is 0 Å². The van der Waals surface area contributed by atoms with E-state index >= 15 is 0 Å². The number of nitrogens with two attached hydrogens (primary N) is 1. The van der Waals surface area contributed by atoms with Gasteiger partial charge in [0.1, 0.15) is 5.82 Å². The van der Waals surface area contributed by atoms with Crippen LogP contribution in [0.5, 0.6) is 0 Å². The van der Waals surface area contributed by atoms with Crippen molar-refractivity contribution in [1.82, 2.24) is 5.32 Å². The summed E-state index contributed by atoms with van der Waals surface area (Å²) in [7, 11) is 0. The standard InChI is InChI=1S/C15H22FN3O/c1-15(6-2-3-7-15)10-18-9-11-4-5-12(16)8-13(11)14(17)19-20/h4-5,8,18,20H,2-3,6-7,9-10H2,1H3,(H2,17,19). The molecule has 0 aromatic heterocycles. The van der Waals surface area contributed by atoms with Crippen LogP contribution in [0.15, 0.2) is 23.4 Å². The lowest BCUT2D eigenvalue weighted by atomic mass is 9.89. The number of nitrogens with zero attached hydrogens (tertiary/aromatic N) is 1. The Morgan fingerprint density at radius 1 is 1.45 bits per heavy atom. The van der Waals surface area contributed by atoms with Crippen LogP contribution in [0.25, 0.3) is 0 Å². The minimum Gasteiger partial charge on any atom is -0.409 e. The molecule has 0 spiro atoms. The first kappa shape index (κ1) is 14.8. The molecule has 0 heterocycles. The fourth-order valence-corrected chi connectivity index (χ4v) is 2.90. The van der Waals surface area contributed by atoms with Crippen molar-refractivity contribution >= 4 is 5.84 Å². The Morgan fingerprint density at radius 3 is 2.80 bits per heavy atom. The molecule has 1 aromatic carbocycles. The minimum atomic E-state index is -0.391. The van der Waals surface area contributed by atoms with Crippen LogP contribution in [-0.2, 0) is 6.54 Å². The van der Waals surface area contributed by atoms with E-state index in [1.54, 1.807) is 6.07 Å². The van der Waals surface area contributed by atoms with E-state index in [0.29, 0.717) is 17.5 Å². The maximum atomic E-state index is 13.3. The van der Waals surface area contributed by atoms with Gasteiger partial charge in [-0.2, -0.15) is 0 Å². The van der Waals surface area contributed by atoms with E-state index in [1.165, 1.54) is 37.8 Å². The van der Waals surface area contributed by atoms with Gasteiger partial charge >= 0.3 is 0 Å². The highest BCUT2D eigenvalue weighted by atomic mass is 19.1. The Bertz CT molecular complexity index is 496. The Hall–Kier alpha value is -1.62. The average molecular weight is 279 g/mol. The van der Waals surface area contributed by atoms with Crippen LogP contribution < -0.4 is 11.1 Å². The summed E-state index contributed by atoms with van der Waals surface area (Å²) >= 11 is 0. The van der Waals surface area contributed by atoms with E-state index in [2.05, 4.69) is 17.4 Å². The van der Waals surface area contributed by atoms with Gasteiger partial charge in [0.2, 0.25) is 0 Å². The molecular formula is C15H22FN3O. The van der Waals surface area contributed by atoms with Crippen molar-refractivity contribution < 1.29 is 9.60 Å². The van der Waals surface area contributed by atoms with Crippen molar-refractivity contribution in [2.45, 2.75) is 39.2 Å².